The van der Waals surface area contributed by atoms with Crippen molar-refractivity contribution < 1.29 is 4.79 Å². The van der Waals surface area contributed by atoms with Gasteiger partial charge in [0.05, 0.1) is 0 Å². The smallest absolute Gasteiger partial charge is 0.159 e. The van der Waals surface area contributed by atoms with E-state index in [4.69, 9.17) is 0 Å². The fourth-order valence-corrected chi connectivity index (χ4v) is 1.53. The van der Waals surface area contributed by atoms with Gasteiger partial charge in [-0.1, -0.05) is 31.8 Å². The van der Waals surface area contributed by atoms with E-state index in [1.165, 1.54) is 19.3 Å². The van der Waals surface area contributed by atoms with Crippen molar-refractivity contribution in [1.29, 1.82) is 0 Å². The van der Waals surface area contributed by atoms with Crippen LogP contribution in [0.25, 0.3) is 0 Å². The van der Waals surface area contributed by atoms with Crippen molar-refractivity contribution >= 4 is 5.78 Å². The summed E-state index contributed by atoms with van der Waals surface area (Å²) in [5.41, 5.74) is 0.938. The van der Waals surface area contributed by atoms with Crippen molar-refractivity contribution in [2.75, 3.05) is 0 Å². The van der Waals surface area contributed by atoms with E-state index in [9.17, 15) is 4.79 Å². The highest BCUT2D eigenvalue weighted by molar-refractivity contribution is 5.97. The Balaban J connectivity index is 2.16. The molecule has 0 saturated carbocycles. The van der Waals surface area contributed by atoms with E-state index >= 15 is 0 Å². The van der Waals surface area contributed by atoms with Crippen LogP contribution >= 0.6 is 0 Å². The summed E-state index contributed by atoms with van der Waals surface area (Å²) in [6.45, 7) is 2.19. The lowest BCUT2D eigenvalue weighted by Gasteiger charge is -1.91. The van der Waals surface area contributed by atoms with Crippen LogP contribution in [0.3, 0.4) is 0 Å². The zero-order valence-corrected chi connectivity index (χ0v) is 8.94. The number of allylic oxidation sites excluding steroid dienone is 2. The molecule has 1 heteroatoms. The molecule has 76 valence electrons. The Bertz CT molecular complexity index is 275. The largest absolute Gasteiger partial charge is 0.295 e. The summed E-state index contributed by atoms with van der Waals surface area (Å²) >= 11 is 0. The molecule has 0 N–H and O–H groups in total. The first-order chi connectivity index (χ1) is 6.84. The molecule has 0 unspecified atom stereocenters. The van der Waals surface area contributed by atoms with Crippen molar-refractivity contribution in [3.63, 3.8) is 0 Å². The average Bonchev–Trinajstić information content (AvgIpc) is 2.58. The first-order valence-corrected chi connectivity index (χ1v) is 5.52. The van der Waals surface area contributed by atoms with Gasteiger partial charge in [-0.05, 0) is 12.8 Å². The molecule has 0 aromatic carbocycles. The molecule has 0 heterocycles. The summed E-state index contributed by atoms with van der Waals surface area (Å²) < 4.78 is 0. The molecule has 0 fully saturated rings. The Morgan fingerprint density at radius 2 is 2.21 bits per heavy atom. The van der Waals surface area contributed by atoms with Crippen LogP contribution in [0.1, 0.15) is 51.9 Å². The summed E-state index contributed by atoms with van der Waals surface area (Å²) in [5, 5.41) is 0. The number of unbranched alkanes of at least 4 members (excludes halogenated alkanes) is 3. The van der Waals surface area contributed by atoms with Gasteiger partial charge in [-0.2, -0.15) is 0 Å². The molecule has 0 aromatic heterocycles. The number of hydrogen-bond donors (Lipinski definition) is 0. The summed E-state index contributed by atoms with van der Waals surface area (Å²) in [4.78, 5) is 11.2. The Hall–Kier alpha value is -1.03. The summed E-state index contributed by atoms with van der Waals surface area (Å²) in [7, 11) is 0. The Kier molecular flexibility index (Phi) is 5.07. The Labute approximate surface area is 86.6 Å². The molecule has 1 aliphatic carbocycles. The van der Waals surface area contributed by atoms with E-state index in [0.717, 1.165) is 18.4 Å². The van der Waals surface area contributed by atoms with Gasteiger partial charge >= 0.3 is 0 Å². The van der Waals surface area contributed by atoms with Gasteiger partial charge in [-0.15, -0.1) is 5.92 Å². The van der Waals surface area contributed by atoms with Gasteiger partial charge in [0.1, 0.15) is 0 Å². The standard InChI is InChI=1S/C13H18O/c1-2-3-4-5-6-7-9-12-10-8-11-13(12)14/h10H,2-5,8-9,11H2,1H3. The lowest BCUT2D eigenvalue weighted by molar-refractivity contribution is -0.114. The molecular formula is C13H18O. The topological polar surface area (TPSA) is 17.1 Å². The van der Waals surface area contributed by atoms with Crippen molar-refractivity contribution in [1.82, 2.24) is 0 Å². The third-order valence-corrected chi connectivity index (χ3v) is 2.43. The SMILES string of the molecule is CCCCCC#CCC1=CCCC1=O. The highest BCUT2D eigenvalue weighted by Gasteiger charge is 2.12. The molecular weight excluding hydrogens is 172 g/mol. The van der Waals surface area contributed by atoms with Crippen LogP contribution in [0.15, 0.2) is 11.6 Å². The summed E-state index contributed by atoms with van der Waals surface area (Å²) in [6, 6.07) is 0. The van der Waals surface area contributed by atoms with Gasteiger partial charge in [0.15, 0.2) is 5.78 Å². The van der Waals surface area contributed by atoms with Crippen LogP contribution in [0.4, 0.5) is 0 Å². The minimum atomic E-state index is 0.299. The molecule has 0 aromatic rings. The number of rotatable bonds is 4. The van der Waals surface area contributed by atoms with Gasteiger partial charge in [-0.3, -0.25) is 4.79 Å². The van der Waals surface area contributed by atoms with Crippen LogP contribution in [0.2, 0.25) is 0 Å². The maximum absolute atomic E-state index is 11.2. The second-order valence-electron chi connectivity index (χ2n) is 3.68. The molecule has 0 radical (unpaired) electrons. The minimum absolute atomic E-state index is 0.299. The molecule has 0 aliphatic heterocycles. The molecule has 0 saturated heterocycles. The van der Waals surface area contributed by atoms with Crippen molar-refractivity contribution in [3.8, 4) is 11.8 Å². The lowest BCUT2D eigenvalue weighted by Crippen LogP contribution is -1.93. The molecule has 0 atom stereocenters. The second-order valence-corrected chi connectivity index (χ2v) is 3.68. The Morgan fingerprint density at radius 3 is 2.86 bits per heavy atom. The normalized spacial score (nSPS) is 14.9. The van der Waals surface area contributed by atoms with Crippen LogP contribution < -0.4 is 0 Å². The van der Waals surface area contributed by atoms with Crippen LogP contribution in [0, 0.1) is 11.8 Å². The third-order valence-electron chi connectivity index (χ3n) is 2.43. The number of ketones is 1. The number of carbonyl (C=O) groups excluding carboxylic acids is 1. The first-order valence-electron chi connectivity index (χ1n) is 5.52. The molecule has 1 rings (SSSR count). The van der Waals surface area contributed by atoms with Gasteiger partial charge in [0.25, 0.3) is 0 Å². The van der Waals surface area contributed by atoms with E-state index in [1.54, 1.807) is 0 Å². The zero-order chi connectivity index (χ0) is 10.2. The van der Waals surface area contributed by atoms with Crippen molar-refractivity contribution in [3.05, 3.63) is 11.6 Å². The van der Waals surface area contributed by atoms with E-state index in [0.29, 0.717) is 18.6 Å². The van der Waals surface area contributed by atoms with Gasteiger partial charge in [0, 0.05) is 24.8 Å². The second kappa shape index (κ2) is 6.43. The van der Waals surface area contributed by atoms with E-state index in [1.807, 2.05) is 6.08 Å². The minimum Gasteiger partial charge on any atom is -0.295 e. The summed E-state index contributed by atoms with van der Waals surface area (Å²) in [6.07, 6.45) is 9.00. The Morgan fingerprint density at radius 1 is 1.36 bits per heavy atom. The average molecular weight is 190 g/mol. The van der Waals surface area contributed by atoms with Crippen LogP contribution in [-0.4, -0.2) is 5.78 Å². The molecule has 1 nitrogen and oxygen atoms in total. The molecule has 0 spiro atoms. The number of hydrogen-bond acceptors (Lipinski definition) is 1. The van der Waals surface area contributed by atoms with Crippen molar-refractivity contribution in [2.45, 2.75) is 51.9 Å². The molecule has 14 heavy (non-hydrogen) atoms. The molecule has 1 aliphatic rings. The fourth-order valence-electron chi connectivity index (χ4n) is 1.53. The fraction of sp³-hybridized carbons (Fsp3) is 0.615. The van der Waals surface area contributed by atoms with E-state index in [-0.39, 0.29) is 0 Å². The highest BCUT2D eigenvalue weighted by atomic mass is 16.1. The maximum atomic E-state index is 11.2. The van der Waals surface area contributed by atoms with Gasteiger partial charge in [-0.25, -0.2) is 0 Å². The lowest BCUT2D eigenvalue weighted by atomic mass is 10.1. The summed E-state index contributed by atoms with van der Waals surface area (Å²) in [5.74, 6) is 6.50. The predicted molar refractivity (Wildman–Crippen MR) is 58.9 cm³/mol. The van der Waals surface area contributed by atoms with Crippen LogP contribution in [-0.2, 0) is 4.79 Å². The molecule has 0 amide bonds. The third kappa shape index (κ3) is 3.79. The zero-order valence-electron chi connectivity index (χ0n) is 8.94. The van der Waals surface area contributed by atoms with Crippen molar-refractivity contribution in [2.24, 2.45) is 0 Å². The predicted octanol–water partition coefficient (Wildman–Crippen LogP) is 3.25. The first kappa shape index (κ1) is 11.0. The molecule has 0 bridgehead atoms. The monoisotopic (exact) mass is 190 g/mol. The highest BCUT2D eigenvalue weighted by Crippen LogP contribution is 2.16. The van der Waals surface area contributed by atoms with Gasteiger partial charge < -0.3 is 0 Å². The van der Waals surface area contributed by atoms with Gasteiger partial charge in [0.2, 0.25) is 0 Å². The van der Waals surface area contributed by atoms with E-state index in [2.05, 4.69) is 18.8 Å². The quantitative estimate of drug-likeness (QED) is 0.491. The number of carbonyl (C=O) groups is 1. The number of Topliss-reactive ketones (excluding diaryl/α,β-unsaturated/α-hetero) is 1. The van der Waals surface area contributed by atoms with Crippen LogP contribution in [0.5, 0.6) is 0 Å². The van der Waals surface area contributed by atoms with E-state index < -0.39 is 0 Å². The maximum Gasteiger partial charge on any atom is 0.159 e.